The van der Waals surface area contributed by atoms with Crippen molar-refractivity contribution in [3.63, 3.8) is 0 Å². The van der Waals surface area contributed by atoms with Crippen LogP contribution in [0.2, 0.25) is 0 Å². The molecule has 1 aromatic carbocycles. The maximum absolute atomic E-state index is 13.2. The van der Waals surface area contributed by atoms with Crippen LogP contribution in [0, 0.1) is 6.92 Å². The highest BCUT2D eigenvalue weighted by Gasteiger charge is 2.38. The van der Waals surface area contributed by atoms with E-state index in [1.807, 2.05) is 35.2 Å². The highest BCUT2D eigenvalue weighted by atomic mass is 16.5. The molecule has 1 aromatic heterocycles. The number of hydrogen-bond acceptors (Lipinski definition) is 4. The molecule has 1 spiro atoms. The molecule has 0 aliphatic carbocycles. The number of carbonyl (C=O) groups excluding carboxylic acids is 1. The Morgan fingerprint density at radius 3 is 2.58 bits per heavy atom. The maximum atomic E-state index is 13.2. The molecule has 2 aliphatic rings. The van der Waals surface area contributed by atoms with Crippen LogP contribution in [-0.2, 0) is 4.74 Å². The Kier molecular flexibility index (Phi) is 4.41. The Hall–Kier alpha value is -2.40. The third kappa shape index (κ3) is 3.07. The number of aryl methyl sites for hydroxylation is 1. The van der Waals surface area contributed by atoms with Gasteiger partial charge in [0, 0.05) is 18.7 Å². The minimum atomic E-state index is -0.189. The first-order chi connectivity index (χ1) is 12.6. The van der Waals surface area contributed by atoms with Gasteiger partial charge in [-0.15, -0.1) is 0 Å². The van der Waals surface area contributed by atoms with E-state index >= 15 is 0 Å². The van der Waals surface area contributed by atoms with Crippen molar-refractivity contribution in [2.75, 3.05) is 19.7 Å². The minimum Gasteiger partial charge on any atom is -0.370 e. The van der Waals surface area contributed by atoms with E-state index in [4.69, 9.17) is 9.26 Å². The van der Waals surface area contributed by atoms with Gasteiger partial charge in [0.05, 0.1) is 12.2 Å². The molecule has 26 heavy (non-hydrogen) atoms. The molecule has 2 aromatic rings. The molecule has 3 heterocycles. The second-order valence-corrected chi connectivity index (χ2v) is 7.27. The largest absolute Gasteiger partial charge is 0.370 e. The van der Waals surface area contributed by atoms with Crippen LogP contribution < -0.4 is 0 Å². The number of carbonyl (C=O) groups is 1. The molecule has 4 rings (SSSR count). The van der Waals surface area contributed by atoms with Crippen molar-refractivity contribution in [3.05, 3.63) is 53.3 Å². The van der Waals surface area contributed by atoms with Gasteiger partial charge in [-0.1, -0.05) is 47.1 Å². The molecule has 2 aliphatic heterocycles. The number of rotatable bonds is 2. The molecule has 0 N–H and O–H groups in total. The van der Waals surface area contributed by atoms with Crippen LogP contribution in [-0.4, -0.2) is 41.3 Å². The van der Waals surface area contributed by atoms with Crippen molar-refractivity contribution in [1.82, 2.24) is 10.1 Å². The fourth-order valence-electron chi connectivity index (χ4n) is 3.93. The first kappa shape index (κ1) is 17.0. The summed E-state index contributed by atoms with van der Waals surface area (Å²) in [5.41, 5.74) is 3.29. The molecule has 0 unspecified atom stereocenters. The molecule has 1 fully saturated rings. The molecule has 5 nitrogen and oxygen atoms in total. The van der Waals surface area contributed by atoms with Crippen molar-refractivity contribution >= 4 is 5.91 Å². The number of likely N-dealkylation sites (tertiary alicyclic amines) is 1. The predicted octanol–water partition coefficient (Wildman–Crippen LogP) is 3.99. The Labute approximate surface area is 153 Å². The van der Waals surface area contributed by atoms with Gasteiger partial charge in [-0.3, -0.25) is 4.79 Å². The lowest BCUT2D eigenvalue weighted by Crippen LogP contribution is -2.48. The van der Waals surface area contributed by atoms with Crippen LogP contribution in [0.15, 0.2) is 46.5 Å². The summed E-state index contributed by atoms with van der Waals surface area (Å²) in [7, 11) is 0. The summed E-state index contributed by atoms with van der Waals surface area (Å²) in [6.07, 6.45) is 4.94. The van der Waals surface area contributed by atoms with E-state index < -0.39 is 0 Å². The Bertz CT molecular complexity index is 830. The fraction of sp³-hybridized carbons (Fsp3) is 0.429. The summed E-state index contributed by atoms with van der Waals surface area (Å²) >= 11 is 0. The first-order valence-corrected chi connectivity index (χ1v) is 9.21. The second kappa shape index (κ2) is 6.72. The normalized spacial score (nSPS) is 19.5. The topological polar surface area (TPSA) is 55.6 Å². The standard InChI is InChI=1S/C21H24N2O3/c1-15-8-13-25-21(14-15)9-11-23(12-10-21)20(24)18-16(2)26-22-19(18)17-6-4-3-5-7-17/h3-7,14H,8-13H2,1-2H3. The Morgan fingerprint density at radius 2 is 1.88 bits per heavy atom. The lowest BCUT2D eigenvalue weighted by Gasteiger charge is -2.42. The van der Waals surface area contributed by atoms with E-state index in [1.54, 1.807) is 6.92 Å². The molecule has 0 bridgehead atoms. The van der Waals surface area contributed by atoms with Gasteiger partial charge in [-0.05, 0) is 33.1 Å². The van der Waals surface area contributed by atoms with E-state index in [1.165, 1.54) is 5.57 Å². The predicted molar refractivity (Wildman–Crippen MR) is 98.9 cm³/mol. The zero-order chi connectivity index (χ0) is 18.1. The number of benzene rings is 1. The molecule has 1 amide bonds. The lowest BCUT2D eigenvalue weighted by atomic mass is 9.86. The van der Waals surface area contributed by atoms with Crippen molar-refractivity contribution in [2.24, 2.45) is 0 Å². The van der Waals surface area contributed by atoms with Crippen molar-refractivity contribution < 1.29 is 14.1 Å². The monoisotopic (exact) mass is 352 g/mol. The third-order valence-electron chi connectivity index (χ3n) is 5.42. The van der Waals surface area contributed by atoms with Gasteiger partial charge in [0.1, 0.15) is 17.0 Å². The number of aromatic nitrogens is 1. The van der Waals surface area contributed by atoms with Gasteiger partial charge in [0.25, 0.3) is 5.91 Å². The number of nitrogens with zero attached hydrogens (tertiary/aromatic N) is 2. The summed E-state index contributed by atoms with van der Waals surface area (Å²) < 4.78 is 11.4. The highest BCUT2D eigenvalue weighted by Crippen LogP contribution is 2.34. The maximum Gasteiger partial charge on any atom is 0.259 e. The summed E-state index contributed by atoms with van der Waals surface area (Å²) in [4.78, 5) is 15.1. The van der Waals surface area contributed by atoms with Crippen molar-refractivity contribution in [2.45, 2.75) is 38.7 Å². The minimum absolute atomic E-state index is 0.00559. The average Bonchev–Trinajstić information content (AvgIpc) is 3.04. The van der Waals surface area contributed by atoms with Crippen LogP contribution in [0.5, 0.6) is 0 Å². The molecule has 5 heteroatoms. The number of amides is 1. The van der Waals surface area contributed by atoms with Gasteiger partial charge in [0.2, 0.25) is 0 Å². The molecular formula is C21H24N2O3. The van der Waals surface area contributed by atoms with E-state index in [0.717, 1.165) is 31.4 Å². The van der Waals surface area contributed by atoms with Crippen LogP contribution >= 0.6 is 0 Å². The summed E-state index contributed by atoms with van der Waals surface area (Å²) in [5.74, 6) is 0.563. The number of ether oxygens (including phenoxy) is 1. The first-order valence-electron chi connectivity index (χ1n) is 9.21. The van der Waals surface area contributed by atoms with E-state index in [9.17, 15) is 4.79 Å². The molecule has 1 saturated heterocycles. The lowest BCUT2D eigenvalue weighted by molar-refractivity contribution is -0.0522. The van der Waals surface area contributed by atoms with E-state index in [2.05, 4.69) is 18.2 Å². The van der Waals surface area contributed by atoms with Gasteiger partial charge in [-0.25, -0.2) is 0 Å². The van der Waals surface area contributed by atoms with E-state index in [-0.39, 0.29) is 11.5 Å². The molecule has 0 radical (unpaired) electrons. The summed E-state index contributed by atoms with van der Waals surface area (Å²) in [6.45, 7) is 6.10. The zero-order valence-corrected chi connectivity index (χ0v) is 15.3. The van der Waals surface area contributed by atoms with Crippen LogP contribution in [0.1, 0.15) is 42.3 Å². The number of hydrogen-bond donors (Lipinski definition) is 0. The molecular weight excluding hydrogens is 328 g/mol. The Balaban J connectivity index is 1.55. The van der Waals surface area contributed by atoms with Crippen molar-refractivity contribution in [1.29, 1.82) is 0 Å². The van der Waals surface area contributed by atoms with Gasteiger partial charge in [-0.2, -0.15) is 0 Å². The van der Waals surface area contributed by atoms with E-state index in [0.29, 0.717) is 30.1 Å². The molecule has 0 saturated carbocycles. The number of piperidine rings is 1. The highest BCUT2D eigenvalue weighted by molar-refractivity contribution is 6.00. The zero-order valence-electron chi connectivity index (χ0n) is 15.3. The van der Waals surface area contributed by atoms with Crippen LogP contribution in [0.25, 0.3) is 11.3 Å². The van der Waals surface area contributed by atoms with Crippen LogP contribution in [0.4, 0.5) is 0 Å². The smallest absolute Gasteiger partial charge is 0.259 e. The summed E-state index contributed by atoms with van der Waals surface area (Å²) in [6, 6.07) is 9.72. The Morgan fingerprint density at radius 1 is 1.15 bits per heavy atom. The molecule has 136 valence electrons. The van der Waals surface area contributed by atoms with Crippen molar-refractivity contribution in [3.8, 4) is 11.3 Å². The molecule has 0 atom stereocenters. The van der Waals surface area contributed by atoms with Gasteiger partial charge >= 0.3 is 0 Å². The second-order valence-electron chi connectivity index (χ2n) is 7.27. The van der Waals surface area contributed by atoms with Crippen LogP contribution in [0.3, 0.4) is 0 Å². The SMILES string of the molecule is CC1=CC2(CCN(C(=O)c3c(-c4ccccc4)noc3C)CC2)OCC1. The average molecular weight is 352 g/mol. The van der Waals surface area contributed by atoms with Gasteiger partial charge in [0.15, 0.2) is 0 Å². The third-order valence-corrected chi connectivity index (χ3v) is 5.42. The summed E-state index contributed by atoms with van der Waals surface area (Å²) in [5, 5.41) is 4.14. The van der Waals surface area contributed by atoms with Gasteiger partial charge < -0.3 is 14.2 Å². The fourth-order valence-corrected chi connectivity index (χ4v) is 3.93. The quantitative estimate of drug-likeness (QED) is 0.767.